The molecule has 0 spiro atoms. The van der Waals surface area contributed by atoms with Crippen LogP contribution in [0.25, 0.3) is 0 Å². The molecular formula is C27H41N5O2. The summed E-state index contributed by atoms with van der Waals surface area (Å²) >= 11 is 0. The van der Waals surface area contributed by atoms with Crippen LogP contribution in [0, 0.1) is 0 Å². The van der Waals surface area contributed by atoms with Gasteiger partial charge in [0, 0.05) is 56.7 Å². The molecule has 3 atom stereocenters. The number of β-amino-alcohol motifs (C(OH)–C–C–N with tert-alkyl or cyclic N) is 1. The standard InChI is InChI=1S/C27H41N5O2/c1-27(2,3)30-26(34)25-20-31(18-22-11-8-12-29-17-22)13-14-32(25)19-24(33)16-23(28-4)15-21-9-6-5-7-10-21/h5-12,17,23-25,28,33H,13-16,18-20H2,1-4H3,(H,30,34)/t23-,24+,25+/m1/s1. The first kappa shape index (κ1) is 26.3. The molecule has 34 heavy (non-hydrogen) atoms. The van der Waals surface area contributed by atoms with E-state index in [1.165, 1.54) is 5.56 Å². The fourth-order valence-corrected chi connectivity index (χ4v) is 4.57. The van der Waals surface area contributed by atoms with Crippen LogP contribution < -0.4 is 10.6 Å². The van der Waals surface area contributed by atoms with Crippen LogP contribution in [0.1, 0.15) is 38.3 Å². The number of carbonyl (C=O) groups is 1. The van der Waals surface area contributed by atoms with E-state index in [-0.39, 0.29) is 23.5 Å². The highest BCUT2D eigenvalue weighted by molar-refractivity contribution is 5.82. The summed E-state index contributed by atoms with van der Waals surface area (Å²) in [5.41, 5.74) is 2.09. The number of benzene rings is 1. The number of nitrogens with one attached hydrogen (secondary N) is 2. The van der Waals surface area contributed by atoms with E-state index in [9.17, 15) is 9.90 Å². The average molecular weight is 468 g/mol. The number of piperazine rings is 1. The lowest BCUT2D eigenvalue weighted by atomic mass is 9.99. The van der Waals surface area contributed by atoms with Gasteiger partial charge in [-0.15, -0.1) is 0 Å². The van der Waals surface area contributed by atoms with Gasteiger partial charge in [0.2, 0.25) is 5.91 Å². The number of nitrogens with zero attached hydrogens (tertiary/aromatic N) is 3. The van der Waals surface area contributed by atoms with E-state index < -0.39 is 6.10 Å². The molecule has 7 heteroatoms. The number of aromatic nitrogens is 1. The predicted molar refractivity (Wildman–Crippen MR) is 136 cm³/mol. The van der Waals surface area contributed by atoms with Crippen LogP contribution in [-0.4, -0.2) is 82.8 Å². The molecule has 2 aromatic rings. The van der Waals surface area contributed by atoms with E-state index in [4.69, 9.17) is 0 Å². The summed E-state index contributed by atoms with van der Waals surface area (Å²) in [6.07, 6.45) is 4.63. The van der Waals surface area contributed by atoms with Crippen LogP contribution in [0.4, 0.5) is 0 Å². The molecule has 0 unspecified atom stereocenters. The molecule has 3 rings (SSSR count). The molecule has 186 valence electrons. The van der Waals surface area contributed by atoms with Gasteiger partial charge in [-0.1, -0.05) is 36.4 Å². The molecule has 0 aliphatic carbocycles. The van der Waals surface area contributed by atoms with Gasteiger partial charge in [-0.3, -0.25) is 19.6 Å². The Balaban J connectivity index is 1.63. The van der Waals surface area contributed by atoms with Gasteiger partial charge >= 0.3 is 0 Å². The molecular weight excluding hydrogens is 426 g/mol. The van der Waals surface area contributed by atoms with Crippen molar-refractivity contribution in [3.8, 4) is 0 Å². The van der Waals surface area contributed by atoms with Crippen LogP contribution in [-0.2, 0) is 17.8 Å². The molecule has 7 nitrogen and oxygen atoms in total. The molecule has 1 amide bonds. The minimum atomic E-state index is -0.518. The second-order valence-electron chi connectivity index (χ2n) is 10.4. The minimum absolute atomic E-state index is 0.0186. The Kier molecular flexibility index (Phi) is 9.59. The zero-order chi connectivity index (χ0) is 24.6. The maximum atomic E-state index is 13.2. The summed E-state index contributed by atoms with van der Waals surface area (Å²) in [7, 11) is 1.94. The summed E-state index contributed by atoms with van der Waals surface area (Å²) in [6.45, 7) is 9.47. The Morgan fingerprint density at radius 2 is 1.88 bits per heavy atom. The number of aliphatic hydroxyl groups is 1. The van der Waals surface area contributed by atoms with Crippen molar-refractivity contribution in [3.05, 3.63) is 66.0 Å². The van der Waals surface area contributed by atoms with Gasteiger partial charge < -0.3 is 15.7 Å². The Morgan fingerprint density at radius 3 is 2.53 bits per heavy atom. The first-order valence-electron chi connectivity index (χ1n) is 12.3. The minimum Gasteiger partial charge on any atom is -0.392 e. The smallest absolute Gasteiger partial charge is 0.239 e. The number of carbonyl (C=O) groups excluding carboxylic acids is 1. The van der Waals surface area contributed by atoms with Crippen molar-refractivity contribution in [3.63, 3.8) is 0 Å². The van der Waals surface area contributed by atoms with E-state index >= 15 is 0 Å². The van der Waals surface area contributed by atoms with Crippen LogP contribution >= 0.6 is 0 Å². The topological polar surface area (TPSA) is 80.7 Å². The van der Waals surface area contributed by atoms with Gasteiger partial charge in [0.25, 0.3) is 0 Å². The molecule has 1 aromatic heterocycles. The predicted octanol–water partition coefficient (Wildman–Crippen LogP) is 2.06. The lowest BCUT2D eigenvalue weighted by molar-refractivity contribution is -0.131. The third-order valence-electron chi connectivity index (χ3n) is 6.24. The molecule has 0 saturated carbocycles. The van der Waals surface area contributed by atoms with Crippen LogP contribution in [0.5, 0.6) is 0 Å². The summed E-state index contributed by atoms with van der Waals surface area (Å²) in [4.78, 5) is 21.9. The normalized spacial score (nSPS) is 19.5. The first-order chi connectivity index (χ1) is 16.2. The van der Waals surface area contributed by atoms with Crippen LogP contribution in [0.15, 0.2) is 54.9 Å². The van der Waals surface area contributed by atoms with Gasteiger partial charge in [-0.05, 0) is 57.9 Å². The monoisotopic (exact) mass is 467 g/mol. The number of likely N-dealkylation sites (N-methyl/N-ethyl adjacent to an activating group) is 1. The summed E-state index contributed by atoms with van der Waals surface area (Å²) in [5.74, 6) is 0.0186. The Labute approximate surface area is 204 Å². The average Bonchev–Trinajstić information content (AvgIpc) is 2.80. The number of amides is 1. The molecule has 3 N–H and O–H groups in total. The Bertz CT molecular complexity index is 872. The SMILES string of the molecule is CN[C@H](Cc1ccccc1)C[C@H](O)CN1CCN(Cc2cccnc2)C[C@H]1C(=O)NC(C)(C)C. The van der Waals surface area contributed by atoms with Crippen LogP contribution in [0.2, 0.25) is 0 Å². The van der Waals surface area contributed by atoms with Crippen molar-refractivity contribution >= 4 is 5.91 Å². The van der Waals surface area contributed by atoms with Crippen molar-refractivity contribution in [1.29, 1.82) is 0 Å². The Hall–Kier alpha value is -2.32. The first-order valence-corrected chi connectivity index (χ1v) is 12.3. The number of hydrogen-bond acceptors (Lipinski definition) is 6. The second-order valence-corrected chi connectivity index (χ2v) is 10.4. The van der Waals surface area contributed by atoms with Gasteiger partial charge in [0.15, 0.2) is 0 Å². The maximum Gasteiger partial charge on any atom is 0.239 e. The van der Waals surface area contributed by atoms with Gasteiger partial charge in [-0.25, -0.2) is 0 Å². The molecule has 1 aliphatic heterocycles. The van der Waals surface area contributed by atoms with Crippen molar-refractivity contribution in [2.45, 2.75) is 63.9 Å². The van der Waals surface area contributed by atoms with Crippen molar-refractivity contribution in [2.24, 2.45) is 0 Å². The second kappa shape index (κ2) is 12.4. The molecule has 1 fully saturated rings. The summed E-state index contributed by atoms with van der Waals surface area (Å²) in [5, 5.41) is 17.5. The molecule has 0 radical (unpaired) electrons. The third-order valence-corrected chi connectivity index (χ3v) is 6.24. The van der Waals surface area contributed by atoms with E-state index in [0.717, 1.165) is 31.6 Å². The summed E-state index contributed by atoms with van der Waals surface area (Å²) < 4.78 is 0. The molecule has 2 heterocycles. The highest BCUT2D eigenvalue weighted by atomic mass is 16.3. The summed E-state index contributed by atoms with van der Waals surface area (Å²) in [6, 6.07) is 14.2. The van der Waals surface area contributed by atoms with E-state index in [0.29, 0.717) is 19.5 Å². The van der Waals surface area contributed by atoms with Crippen molar-refractivity contribution < 1.29 is 9.90 Å². The van der Waals surface area contributed by atoms with Gasteiger partial charge in [0.05, 0.1) is 6.10 Å². The molecule has 0 bridgehead atoms. The lowest BCUT2D eigenvalue weighted by Crippen LogP contribution is -2.62. The highest BCUT2D eigenvalue weighted by Crippen LogP contribution is 2.17. The quantitative estimate of drug-likeness (QED) is 0.496. The van der Waals surface area contributed by atoms with Crippen molar-refractivity contribution in [1.82, 2.24) is 25.4 Å². The highest BCUT2D eigenvalue weighted by Gasteiger charge is 2.35. The third kappa shape index (κ3) is 8.47. The van der Waals surface area contributed by atoms with E-state index in [1.54, 1.807) is 6.20 Å². The fraction of sp³-hybridized carbons (Fsp3) is 0.556. The van der Waals surface area contributed by atoms with E-state index in [2.05, 4.69) is 43.6 Å². The van der Waals surface area contributed by atoms with Gasteiger partial charge in [0.1, 0.15) is 6.04 Å². The molecule has 1 saturated heterocycles. The van der Waals surface area contributed by atoms with E-state index in [1.807, 2.05) is 58.3 Å². The number of aliphatic hydroxyl groups excluding tert-OH is 1. The van der Waals surface area contributed by atoms with Crippen LogP contribution in [0.3, 0.4) is 0 Å². The maximum absolute atomic E-state index is 13.2. The fourth-order valence-electron chi connectivity index (χ4n) is 4.57. The molecule has 1 aromatic carbocycles. The Morgan fingerprint density at radius 1 is 1.15 bits per heavy atom. The zero-order valence-corrected chi connectivity index (χ0v) is 21.1. The largest absolute Gasteiger partial charge is 0.392 e. The van der Waals surface area contributed by atoms with Gasteiger partial charge in [-0.2, -0.15) is 0 Å². The lowest BCUT2D eigenvalue weighted by Gasteiger charge is -2.42. The number of rotatable bonds is 10. The molecule has 1 aliphatic rings. The zero-order valence-electron chi connectivity index (χ0n) is 21.1. The number of hydrogen-bond donors (Lipinski definition) is 3. The number of pyridine rings is 1. The van der Waals surface area contributed by atoms with Crippen molar-refractivity contribution in [2.75, 3.05) is 33.2 Å².